The second-order valence-corrected chi connectivity index (χ2v) is 8.14. The summed E-state index contributed by atoms with van der Waals surface area (Å²) in [5, 5.41) is 3.90. The third kappa shape index (κ3) is 4.47. The molecular formula is C23H22ClN5O2. The van der Waals surface area contributed by atoms with Crippen molar-refractivity contribution in [3.8, 4) is 11.8 Å². The minimum Gasteiger partial charge on any atom is -0.424 e. The molecule has 0 radical (unpaired) electrons. The molecule has 158 valence electrons. The Morgan fingerprint density at radius 1 is 1.10 bits per heavy atom. The normalized spacial score (nSPS) is 13.9. The van der Waals surface area contributed by atoms with E-state index in [0.29, 0.717) is 23.2 Å². The van der Waals surface area contributed by atoms with Crippen molar-refractivity contribution in [2.75, 3.05) is 18.5 Å². The Balaban J connectivity index is 1.23. The van der Waals surface area contributed by atoms with Crippen LogP contribution in [-0.2, 0) is 24.8 Å². The van der Waals surface area contributed by atoms with E-state index in [4.69, 9.17) is 26.1 Å². The summed E-state index contributed by atoms with van der Waals surface area (Å²) in [5.41, 5.74) is 4.56. The average molecular weight is 436 g/mol. The number of hydrogen-bond acceptors (Lipinski definition) is 6. The zero-order valence-corrected chi connectivity index (χ0v) is 17.8. The molecule has 1 saturated heterocycles. The monoisotopic (exact) mass is 435 g/mol. The van der Waals surface area contributed by atoms with Gasteiger partial charge in [0.05, 0.1) is 41.7 Å². The van der Waals surface area contributed by atoms with Crippen LogP contribution in [0.1, 0.15) is 11.1 Å². The molecule has 3 heterocycles. The largest absolute Gasteiger partial charge is 0.424 e. The summed E-state index contributed by atoms with van der Waals surface area (Å²) in [6.45, 7) is 2.39. The van der Waals surface area contributed by atoms with Crippen molar-refractivity contribution in [3.05, 3.63) is 71.0 Å². The molecule has 2 aromatic heterocycles. The molecule has 5 rings (SSSR count). The number of nitrogens with one attached hydrogen (secondary N) is 1. The third-order valence-corrected chi connectivity index (χ3v) is 5.55. The molecular weight excluding hydrogens is 414 g/mol. The number of aromatic nitrogens is 4. The standard InChI is InChI=1S/C23H22ClN5O2/c1-29-21-9-16(8-17-13-30-14-17)4-7-20(21)28-22(29)25-10-15-2-5-19(6-3-15)31-23-26-11-18(24)12-27-23/h2-7,9,11-12,17H,8,10,13-14H2,1H3,(H,25,28). The molecule has 1 N–H and O–H groups in total. The van der Waals surface area contributed by atoms with Crippen LogP contribution in [-0.4, -0.2) is 32.7 Å². The maximum atomic E-state index is 5.79. The Bertz CT molecular complexity index is 1190. The zero-order chi connectivity index (χ0) is 21.2. The molecule has 0 spiro atoms. The SMILES string of the molecule is Cn1c(NCc2ccc(Oc3ncc(Cl)cn3)cc2)nc2ccc(CC3COC3)cc21. The molecule has 2 aromatic carbocycles. The lowest BCUT2D eigenvalue weighted by Crippen LogP contribution is -2.29. The minimum atomic E-state index is 0.263. The first-order valence-electron chi connectivity index (χ1n) is 10.2. The second kappa shape index (κ2) is 8.53. The molecule has 1 aliphatic heterocycles. The van der Waals surface area contributed by atoms with Gasteiger partial charge in [0.15, 0.2) is 0 Å². The summed E-state index contributed by atoms with van der Waals surface area (Å²) in [5.74, 6) is 2.15. The van der Waals surface area contributed by atoms with Crippen LogP contribution < -0.4 is 10.1 Å². The van der Waals surface area contributed by atoms with Gasteiger partial charge in [-0.25, -0.2) is 15.0 Å². The van der Waals surface area contributed by atoms with E-state index in [0.717, 1.165) is 42.2 Å². The van der Waals surface area contributed by atoms with Gasteiger partial charge in [-0.05, 0) is 41.8 Å². The van der Waals surface area contributed by atoms with Crippen molar-refractivity contribution in [1.29, 1.82) is 0 Å². The number of fused-ring (bicyclic) bond motifs is 1. The van der Waals surface area contributed by atoms with E-state index in [1.54, 1.807) is 0 Å². The first kappa shape index (κ1) is 19.8. The van der Waals surface area contributed by atoms with E-state index in [9.17, 15) is 0 Å². The minimum absolute atomic E-state index is 0.263. The lowest BCUT2D eigenvalue weighted by Gasteiger charge is -2.25. The van der Waals surface area contributed by atoms with E-state index in [1.807, 2.05) is 31.3 Å². The Morgan fingerprint density at radius 2 is 1.84 bits per heavy atom. The molecule has 31 heavy (non-hydrogen) atoms. The summed E-state index contributed by atoms with van der Waals surface area (Å²) < 4.78 is 13.0. The number of imidazole rings is 1. The Hall–Kier alpha value is -3.16. The fourth-order valence-corrected chi connectivity index (χ4v) is 3.67. The van der Waals surface area contributed by atoms with Crippen molar-refractivity contribution in [2.24, 2.45) is 13.0 Å². The lowest BCUT2D eigenvalue weighted by atomic mass is 9.98. The Labute approximate surface area is 185 Å². The highest BCUT2D eigenvalue weighted by Gasteiger charge is 2.19. The highest BCUT2D eigenvalue weighted by molar-refractivity contribution is 6.30. The first-order valence-corrected chi connectivity index (χ1v) is 10.5. The fraction of sp³-hybridized carbons (Fsp3) is 0.261. The van der Waals surface area contributed by atoms with Crippen LogP contribution >= 0.6 is 11.6 Å². The molecule has 0 atom stereocenters. The molecule has 0 amide bonds. The first-order chi connectivity index (χ1) is 15.1. The number of anilines is 1. The zero-order valence-electron chi connectivity index (χ0n) is 17.1. The van der Waals surface area contributed by atoms with Crippen LogP contribution in [0.2, 0.25) is 5.02 Å². The van der Waals surface area contributed by atoms with E-state index < -0.39 is 0 Å². The summed E-state index contributed by atoms with van der Waals surface area (Å²) >= 11 is 5.79. The van der Waals surface area contributed by atoms with Crippen molar-refractivity contribution in [3.63, 3.8) is 0 Å². The van der Waals surface area contributed by atoms with Gasteiger partial charge in [-0.2, -0.15) is 0 Å². The van der Waals surface area contributed by atoms with Crippen molar-refractivity contribution < 1.29 is 9.47 Å². The number of ether oxygens (including phenoxy) is 2. The molecule has 0 bridgehead atoms. The molecule has 0 aliphatic carbocycles. The van der Waals surface area contributed by atoms with Crippen LogP contribution in [0.4, 0.5) is 5.95 Å². The van der Waals surface area contributed by atoms with Gasteiger partial charge in [-0.1, -0.05) is 29.8 Å². The van der Waals surface area contributed by atoms with Gasteiger partial charge in [0.2, 0.25) is 5.95 Å². The van der Waals surface area contributed by atoms with E-state index in [1.165, 1.54) is 18.0 Å². The average Bonchev–Trinajstić information content (AvgIpc) is 3.07. The summed E-state index contributed by atoms with van der Waals surface area (Å²) in [7, 11) is 2.04. The fourth-order valence-electron chi connectivity index (χ4n) is 3.57. The van der Waals surface area contributed by atoms with Crippen molar-refractivity contribution >= 4 is 28.6 Å². The van der Waals surface area contributed by atoms with Crippen molar-refractivity contribution in [2.45, 2.75) is 13.0 Å². The molecule has 0 unspecified atom stereocenters. The van der Waals surface area contributed by atoms with Gasteiger partial charge in [0, 0.05) is 19.5 Å². The lowest BCUT2D eigenvalue weighted by molar-refractivity contribution is -0.0312. The number of benzene rings is 2. The van der Waals surface area contributed by atoms with Crippen LogP contribution in [0.15, 0.2) is 54.9 Å². The van der Waals surface area contributed by atoms with Gasteiger partial charge in [0.25, 0.3) is 0 Å². The number of aryl methyl sites for hydroxylation is 1. The van der Waals surface area contributed by atoms with E-state index in [2.05, 4.69) is 38.1 Å². The molecule has 8 heteroatoms. The van der Waals surface area contributed by atoms with Crippen LogP contribution in [0.5, 0.6) is 11.8 Å². The predicted molar refractivity (Wildman–Crippen MR) is 120 cm³/mol. The number of halogens is 1. The molecule has 7 nitrogen and oxygen atoms in total. The van der Waals surface area contributed by atoms with Crippen molar-refractivity contribution in [1.82, 2.24) is 19.5 Å². The molecule has 1 fully saturated rings. The highest BCUT2D eigenvalue weighted by Crippen LogP contribution is 2.24. The number of rotatable bonds is 7. The van der Waals surface area contributed by atoms with Gasteiger partial charge < -0.3 is 19.4 Å². The van der Waals surface area contributed by atoms with Gasteiger partial charge in [-0.15, -0.1) is 0 Å². The maximum Gasteiger partial charge on any atom is 0.321 e. The Kier molecular flexibility index (Phi) is 5.44. The van der Waals surface area contributed by atoms with Crippen LogP contribution in [0.3, 0.4) is 0 Å². The summed E-state index contributed by atoms with van der Waals surface area (Å²) in [4.78, 5) is 12.8. The number of nitrogens with zero attached hydrogens (tertiary/aromatic N) is 4. The highest BCUT2D eigenvalue weighted by atomic mass is 35.5. The molecule has 4 aromatic rings. The van der Waals surface area contributed by atoms with Crippen LogP contribution in [0.25, 0.3) is 11.0 Å². The summed E-state index contributed by atoms with van der Waals surface area (Å²) in [6, 6.07) is 14.5. The topological polar surface area (TPSA) is 74.1 Å². The molecule has 0 saturated carbocycles. The maximum absolute atomic E-state index is 5.79. The third-order valence-electron chi connectivity index (χ3n) is 5.36. The smallest absolute Gasteiger partial charge is 0.321 e. The predicted octanol–water partition coefficient (Wildman–Crippen LogP) is 4.61. The van der Waals surface area contributed by atoms with E-state index in [-0.39, 0.29) is 6.01 Å². The van der Waals surface area contributed by atoms with Gasteiger partial charge in [-0.3, -0.25) is 0 Å². The van der Waals surface area contributed by atoms with E-state index >= 15 is 0 Å². The number of hydrogen-bond donors (Lipinski definition) is 1. The van der Waals surface area contributed by atoms with Crippen LogP contribution in [0, 0.1) is 5.92 Å². The summed E-state index contributed by atoms with van der Waals surface area (Å²) in [6.07, 6.45) is 4.06. The van der Waals surface area contributed by atoms with Gasteiger partial charge in [0.1, 0.15) is 5.75 Å². The quantitative estimate of drug-likeness (QED) is 0.457. The van der Waals surface area contributed by atoms with Gasteiger partial charge >= 0.3 is 6.01 Å². The second-order valence-electron chi connectivity index (χ2n) is 7.71. The molecule has 1 aliphatic rings. The Morgan fingerprint density at radius 3 is 2.55 bits per heavy atom.